The third-order valence-corrected chi connectivity index (χ3v) is 4.32. The van der Waals surface area contributed by atoms with Crippen LogP contribution in [0.25, 0.3) is 0 Å². The fourth-order valence-electron chi connectivity index (χ4n) is 2.90. The molecule has 0 spiro atoms. The van der Waals surface area contributed by atoms with Gasteiger partial charge in [0.25, 0.3) is 0 Å². The highest BCUT2D eigenvalue weighted by Crippen LogP contribution is 2.18. The highest BCUT2D eigenvalue weighted by atomic mass is 19.1. The number of carbonyl (C=O) groups is 1. The summed E-state index contributed by atoms with van der Waals surface area (Å²) in [6.45, 7) is 2.37. The Morgan fingerprint density at radius 2 is 2.12 bits per heavy atom. The minimum atomic E-state index is -0.208. The number of halogens is 1. The van der Waals surface area contributed by atoms with Crippen molar-refractivity contribution in [2.75, 3.05) is 27.2 Å². The van der Waals surface area contributed by atoms with Crippen molar-refractivity contribution in [3.05, 3.63) is 53.6 Å². The highest BCUT2D eigenvalue weighted by Gasteiger charge is 2.24. The van der Waals surface area contributed by atoms with E-state index >= 15 is 0 Å². The fourth-order valence-corrected chi connectivity index (χ4v) is 2.90. The number of nitrogens with zero attached hydrogens (tertiary/aromatic N) is 4. The highest BCUT2D eigenvalue weighted by molar-refractivity contribution is 5.76. The zero-order valence-corrected chi connectivity index (χ0v) is 14.6. The van der Waals surface area contributed by atoms with E-state index in [0.29, 0.717) is 31.7 Å². The molecule has 2 heterocycles. The lowest BCUT2D eigenvalue weighted by Crippen LogP contribution is -2.36. The van der Waals surface area contributed by atoms with Gasteiger partial charge in [-0.2, -0.15) is 5.10 Å². The van der Waals surface area contributed by atoms with Crippen LogP contribution in [0.3, 0.4) is 0 Å². The van der Waals surface area contributed by atoms with Crippen LogP contribution < -0.4 is 0 Å². The van der Waals surface area contributed by atoms with Gasteiger partial charge in [0.1, 0.15) is 12.4 Å². The Morgan fingerprint density at radius 3 is 2.88 bits per heavy atom. The van der Waals surface area contributed by atoms with Gasteiger partial charge in [0.2, 0.25) is 5.91 Å². The average molecular weight is 346 g/mol. The molecule has 1 aliphatic rings. The predicted octanol–water partition coefficient (Wildman–Crippen LogP) is 1.51. The summed E-state index contributed by atoms with van der Waals surface area (Å²) in [5.74, 6) is -0.286. The topological polar surface area (TPSA) is 50.6 Å². The van der Waals surface area contributed by atoms with Gasteiger partial charge in [0.15, 0.2) is 0 Å². The first kappa shape index (κ1) is 17.6. The number of aromatic nitrogens is 2. The zero-order valence-electron chi connectivity index (χ0n) is 14.6. The summed E-state index contributed by atoms with van der Waals surface area (Å²) in [5.41, 5.74) is 1.71. The van der Waals surface area contributed by atoms with Crippen LogP contribution in [-0.4, -0.2) is 58.8 Å². The van der Waals surface area contributed by atoms with Gasteiger partial charge in [-0.1, -0.05) is 18.2 Å². The van der Waals surface area contributed by atoms with Crippen LogP contribution in [0.2, 0.25) is 0 Å². The third-order valence-electron chi connectivity index (χ3n) is 4.32. The summed E-state index contributed by atoms with van der Waals surface area (Å²) in [6.07, 6.45) is 1.57. The van der Waals surface area contributed by atoms with Crippen molar-refractivity contribution >= 4 is 5.91 Å². The van der Waals surface area contributed by atoms with Gasteiger partial charge in [-0.15, -0.1) is 0 Å². The van der Waals surface area contributed by atoms with Crippen molar-refractivity contribution in [3.8, 4) is 0 Å². The van der Waals surface area contributed by atoms with Gasteiger partial charge in [-0.25, -0.2) is 4.39 Å². The first-order valence-corrected chi connectivity index (χ1v) is 8.31. The Bertz CT molecular complexity index is 731. The lowest BCUT2D eigenvalue weighted by atomic mass is 10.2. The number of hydrogen-bond donors (Lipinski definition) is 0. The lowest BCUT2D eigenvalue weighted by Gasteiger charge is -2.24. The van der Waals surface area contributed by atoms with Crippen molar-refractivity contribution in [2.45, 2.75) is 25.7 Å². The molecule has 0 saturated carbocycles. The largest absolute Gasteiger partial charge is 0.365 e. The smallest absolute Gasteiger partial charge is 0.248 e. The van der Waals surface area contributed by atoms with E-state index in [1.54, 1.807) is 32.4 Å². The second kappa shape index (κ2) is 7.76. The minimum Gasteiger partial charge on any atom is -0.365 e. The lowest BCUT2D eigenvalue weighted by molar-refractivity contribution is -0.136. The molecule has 25 heavy (non-hydrogen) atoms. The standard InChI is InChI=1S/C18H23FN4O2/c1-21(2)18(24)13-25-16-11-22(9-14-5-3-4-6-17(14)19)10-15-7-8-20-23(15)12-16/h3-8,16H,9-13H2,1-2H3. The molecule has 1 aromatic carbocycles. The van der Waals surface area contributed by atoms with Gasteiger partial charge in [-0.05, 0) is 12.1 Å². The minimum absolute atomic E-state index is 0.0296. The Labute approximate surface area is 146 Å². The number of rotatable bonds is 5. The van der Waals surface area contributed by atoms with Crippen LogP contribution >= 0.6 is 0 Å². The summed E-state index contributed by atoms with van der Waals surface area (Å²) in [6, 6.07) is 8.76. The number of amides is 1. The molecule has 0 saturated heterocycles. The van der Waals surface area contributed by atoms with Crippen molar-refractivity contribution < 1.29 is 13.9 Å². The Morgan fingerprint density at radius 1 is 1.32 bits per heavy atom. The number of likely N-dealkylation sites (N-methyl/N-ethyl adjacent to an activating group) is 1. The molecule has 2 aromatic rings. The SMILES string of the molecule is CN(C)C(=O)COC1CN(Cc2ccccc2F)Cc2ccnn2C1. The molecule has 3 rings (SSSR count). The molecule has 6 nitrogen and oxygen atoms in total. The quantitative estimate of drug-likeness (QED) is 0.824. The van der Waals surface area contributed by atoms with E-state index in [1.807, 2.05) is 16.8 Å². The number of hydrogen-bond acceptors (Lipinski definition) is 4. The Hall–Kier alpha value is -2.25. The third kappa shape index (κ3) is 4.43. The van der Waals surface area contributed by atoms with Crippen molar-refractivity contribution in [3.63, 3.8) is 0 Å². The zero-order chi connectivity index (χ0) is 17.8. The van der Waals surface area contributed by atoms with Crippen LogP contribution in [0.4, 0.5) is 4.39 Å². The van der Waals surface area contributed by atoms with Gasteiger partial charge in [0, 0.05) is 45.5 Å². The van der Waals surface area contributed by atoms with E-state index in [1.165, 1.54) is 11.0 Å². The van der Waals surface area contributed by atoms with E-state index in [-0.39, 0.29) is 24.4 Å². The molecular weight excluding hydrogens is 323 g/mol. The first-order chi connectivity index (χ1) is 12.0. The molecule has 0 fully saturated rings. The number of fused-ring (bicyclic) bond motifs is 1. The van der Waals surface area contributed by atoms with Gasteiger partial charge >= 0.3 is 0 Å². The van der Waals surface area contributed by atoms with Crippen LogP contribution in [0.5, 0.6) is 0 Å². The Kier molecular flexibility index (Phi) is 5.45. The molecule has 0 bridgehead atoms. The molecule has 0 radical (unpaired) electrons. The maximum absolute atomic E-state index is 14.0. The van der Waals surface area contributed by atoms with Crippen molar-refractivity contribution in [1.82, 2.24) is 19.6 Å². The molecule has 134 valence electrons. The molecular formula is C18H23FN4O2. The molecule has 7 heteroatoms. The molecule has 1 aromatic heterocycles. The first-order valence-electron chi connectivity index (χ1n) is 8.31. The summed E-state index contributed by atoms with van der Waals surface area (Å²) in [7, 11) is 3.41. The average Bonchev–Trinajstić information content (AvgIpc) is 2.94. The molecule has 1 atom stereocenters. The van der Waals surface area contributed by atoms with Crippen LogP contribution in [0, 0.1) is 5.82 Å². The molecule has 1 unspecified atom stereocenters. The summed E-state index contributed by atoms with van der Waals surface area (Å²) >= 11 is 0. The number of ether oxygens (including phenoxy) is 1. The second-order valence-electron chi connectivity index (χ2n) is 6.49. The van der Waals surface area contributed by atoms with Gasteiger partial charge < -0.3 is 9.64 Å². The molecule has 1 amide bonds. The maximum Gasteiger partial charge on any atom is 0.248 e. The van der Waals surface area contributed by atoms with Gasteiger partial charge in [-0.3, -0.25) is 14.4 Å². The second-order valence-corrected chi connectivity index (χ2v) is 6.49. The van der Waals surface area contributed by atoms with Crippen molar-refractivity contribution in [1.29, 1.82) is 0 Å². The summed E-state index contributed by atoms with van der Waals surface area (Å²) in [4.78, 5) is 15.4. The van der Waals surface area contributed by atoms with Crippen molar-refractivity contribution in [2.24, 2.45) is 0 Å². The van der Waals surface area contributed by atoms with Crippen LogP contribution in [0.15, 0.2) is 36.5 Å². The Balaban J connectivity index is 1.72. The summed E-state index contributed by atoms with van der Waals surface area (Å²) < 4.78 is 21.7. The van der Waals surface area contributed by atoms with Crippen LogP contribution in [-0.2, 0) is 29.2 Å². The van der Waals surface area contributed by atoms with E-state index in [2.05, 4.69) is 10.00 Å². The van der Waals surface area contributed by atoms with E-state index in [4.69, 9.17) is 4.74 Å². The molecule has 0 aliphatic carbocycles. The van der Waals surface area contributed by atoms with E-state index in [0.717, 1.165) is 5.69 Å². The molecule has 0 N–H and O–H groups in total. The fraction of sp³-hybridized carbons (Fsp3) is 0.444. The normalized spacial score (nSPS) is 17.8. The van der Waals surface area contributed by atoms with Gasteiger partial charge in [0.05, 0.1) is 18.3 Å². The summed E-state index contributed by atoms with van der Waals surface area (Å²) in [5, 5.41) is 4.33. The van der Waals surface area contributed by atoms with E-state index in [9.17, 15) is 9.18 Å². The van der Waals surface area contributed by atoms with E-state index < -0.39 is 0 Å². The van der Waals surface area contributed by atoms with Crippen LogP contribution in [0.1, 0.15) is 11.3 Å². The number of benzene rings is 1. The number of carbonyl (C=O) groups excluding carboxylic acids is 1. The monoisotopic (exact) mass is 346 g/mol. The predicted molar refractivity (Wildman–Crippen MR) is 91.2 cm³/mol. The molecule has 1 aliphatic heterocycles. The maximum atomic E-state index is 14.0.